The van der Waals surface area contributed by atoms with Gasteiger partial charge in [0.1, 0.15) is 11.5 Å². The van der Waals surface area contributed by atoms with Crippen LogP contribution >= 0.6 is 34.8 Å². The molecule has 2 nitrogen and oxygen atoms in total. The number of cyclic esters (lactones) is 1. The Kier molecular flexibility index (Phi) is 2.07. The van der Waals surface area contributed by atoms with Crippen molar-refractivity contribution in [3.8, 4) is 0 Å². The summed E-state index contributed by atoms with van der Waals surface area (Å²) in [5, 5.41) is 0. The molecule has 0 spiro atoms. The molecule has 0 aromatic heterocycles. The summed E-state index contributed by atoms with van der Waals surface area (Å²) in [4.78, 5) is 10.8. The molecule has 1 heterocycles. The lowest BCUT2D eigenvalue weighted by Crippen LogP contribution is -2.58. The SMILES string of the molecule is CC1(C)OC(=O)C1C(Cl)(Cl)Cl. The fourth-order valence-electron chi connectivity index (χ4n) is 1.13. The second kappa shape index (κ2) is 2.41. The molecule has 1 unspecified atom stereocenters. The first-order chi connectivity index (χ1) is 4.75. The fourth-order valence-corrected chi connectivity index (χ4v) is 2.19. The molecular formula is C6H7Cl3O2. The number of alkyl halides is 3. The third kappa shape index (κ3) is 1.58. The van der Waals surface area contributed by atoms with Crippen LogP contribution in [0.15, 0.2) is 0 Å². The molecule has 64 valence electrons. The fraction of sp³-hybridized carbons (Fsp3) is 0.833. The highest BCUT2D eigenvalue weighted by Crippen LogP contribution is 2.48. The lowest BCUT2D eigenvalue weighted by Gasteiger charge is -2.45. The largest absolute Gasteiger partial charge is 0.458 e. The highest BCUT2D eigenvalue weighted by atomic mass is 35.6. The Morgan fingerprint density at radius 3 is 2.00 bits per heavy atom. The zero-order valence-corrected chi connectivity index (χ0v) is 8.30. The molecule has 1 aliphatic heterocycles. The molecule has 0 saturated carbocycles. The molecule has 0 aliphatic carbocycles. The van der Waals surface area contributed by atoms with Gasteiger partial charge in [-0.3, -0.25) is 4.79 Å². The summed E-state index contributed by atoms with van der Waals surface area (Å²) in [7, 11) is 0. The van der Waals surface area contributed by atoms with E-state index in [2.05, 4.69) is 0 Å². The summed E-state index contributed by atoms with van der Waals surface area (Å²) in [6.45, 7) is 3.42. The van der Waals surface area contributed by atoms with Crippen molar-refractivity contribution in [1.82, 2.24) is 0 Å². The highest BCUT2D eigenvalue weighted by Gasteiger charge is 2.59. The zero-order chi connectivity index (χ0) is 8.86. The van der Waals surface area contributed by atoms with E-state index >= 15 is 0 Å². The summed E-state index contributed by atoms with van der Waals surface area (Å²) in [6, 6.07) is 0. The van der Waals surface area contributed by atoms with Crippen molar-refractivity contribution in [1.29, 1.82) is 0 Å². The van der Waals surface area contributed by atoms with Crippen LogP contribution in [0.4, 0.5) is 0 Å². The normalized spacial score (nSPS) is 29.2. The molecule has 1 saturated heterocycles. The van der Waals surface area contributed by atoms with Gasteiger partial charge in [-0.05, 0) is 13.8 Å². The van der Waals surface area contributed by atoms with Crippen LogP contribution in [0.25, 0.3) is 0 Å². The van der Waals surface area contributed by atoms with Gasteiger partial charge in [-0.1, -0.05) is 34.8 Å². The molecule has 1 rings (SSSR count). The predicted molar refractivity (Wildman–Crippen MR) is 44.0 cm³/mol. The van der Waals surface area contributed by atoms with E-state index in [4.69, 9.17) is 39.5 Å². The van der Waals surface area contributed by atoms with Gasteiger partial charge in [-0.25, -0.2) is 0 Å². The van der Waals surface area contributed by atoms with E-state index in [0.717, 1.165) is 0 Å². The summed E-state index contributed by atoms with van der Waals surface area (Å²) in [6.07, 6.45) is 0. The van der Waals surface area contributed by atoms with Gasteiger partial charge in [0.05, 0.1) is 0 Å². The van der Waals surface area contributed by atoms with E-state index in [1.807, 2.05) is 0 Å². The number of carbonyl (C=O) groups excluding carboxylic acids is 1. The number of halogens is 3. The minimum Gasteiger partial charge on any atom is -0.458 e. The van der Waals surface area contributed by atoms with Gasteiger partial charge in [0.15, 0.2) is 0 Å². The lowest BCUT2D eigenvalue weighted by molar-refractivity contribution is -0.203. The number of carbonyl (C=O) groups is 1. The second-order valence-corrected chi connectivity index (χ2v) is 5.37. The minimum atomic E-state index is -1.56. The average molecular weight is 217 g/mol. The Balaban J connectivity index is 2.80. The molecule has 1 fully saturated rings. The summed E-state index contributed by atoms with van der Waals surface area (Å²) >= 11 is 16.6. The van der Waals surface area contributed by atoms with Crippen LogP contribution in [0.2, 0.25) is 0 Å². The highest BCUT2D eigenvalue weighted by molar-refractivity contribution is 6.68. The number of rotatable bonds is 0. The van der Waals surface area contributed by atoms with Gasteiger partial charge in [-0.2, -0.15) is 0 Å². The Morgan fingerprint density at radius 2 is 1.91 bits per heavy atom. The van der Waals surface area contributed by atoms with E-state index in [1.165, 1.54) is 0 Å². The second-order valence-electron chi connectivity index (χ2n) is 3.00. The number of hydrogen-bond acceptors (Lipinski definition) is 2. The maximum atomic E-state index is 10.8. The molecule has 0 amide bonds. The molecule has 1 atom stereocenters. The van der Waals surface area contributed by atoms with Crippen LogP contribution in [-0.2, 0) is 9.53 Å². The van der Waals surface area contributed by atoms with Gasteiger partial charge in [0, 0.05) is 0 Å². The number of ether oxygens (including phenoxy) is 1. The monoisotopic (exact) mass is 216 g/mol. The van der Waals surface area contributed by atoms with E-state index in [1.54, 1.807) is 13.8 Å². The van der Waals surface area contributed by atoms with Gasteiger partial charge in [0.25, 0.3) is 0 Å². The maximum Gasteiger partial charge on any atom is 0.317 e. The predicted octanol–water partition coefficient (Wildman–Crippen LogP) is 2.31. The minimum absolute atomic E-state index is 0.449. The average Bonchev–Trinajstić information content (AvgIpc) is 1.54. The van der Waals surface area contributed by atoms with Crippen molar-refractivity contribution >= 4 is 40.8 Å². The Hall–Kier alpha value is 0.340. The maximum absolute atomic E-state index is 10.8. The lowest BCUT2D eigenvalue weighted by atomic mass is 9.86. The topological polar surface area (TPSA) is 26.3 Å². The van der Waals surface area contributed by atoms with Crippen molar-refractivity contribution < 1.29 is 9.53 Å². The van der Waals surface area contributed by atoms with Gasteiger partial charge >= 0.3 is 5.97 Å². The Labute approximate surface area is 79.7 Å². The third-order valence-corrected chi connectivity index (χ3v) is 2.28. The van der Waals surface area contributed by atoms with E-state index in [-0.39, 0.29) is 0 Å². The van der Waals surface area contributed by atoms with Crippen LogP contribution in [-0.4, -0.2) is 15.4 Å². The Bertz CT molecular complexity index is 184. The van der Waals surface area contributed by atoms with E-state index < -0.39 is 21.3 Å². The van der Waals surface area contributed by atoms with Crippen LogP contribution in [0.1, 0.15) is 13.8 Å². The molecule has 0 radical (unpaired) electrons. The van der Waals surface area contributed by atoms with Crippen molar-refractivity contribution in [2.75, 3.05) is 0 Å². The van der Waals surface area contributed by atoms with Crippen molar-refractivity contribution in [2.45, 2.75) is 23.2 Å². The van der Waals surface area contributed by atoms with Crippen LogP contribution < -0.4 is 0 Å². The molecular weight excluding hydrogens is 210 g/mol. The van der Waals surface area contributed by atoms with Gasteiger partial charge in [-0.15, -0.1) is 0 Å². The first kappa shape index (κ1) is 9.43. The van der Waals surface area contributed by atoms with Crippen LogP contribution in [0.3, 0.4) is 0 Å². The quantitative estimate of drug-likeness (QED) is 0.460. The standard InChI is InChI=1S/C6H7Cl3O2/c1-5(2)3(4(10)11-5)6(7,8)9/h3H,1-2H3. The smallest absolute Gasteiger partial charge is 0.317 e. The molecule has 0 aromatic rings. The Morgan fingerprint density at radius 1 is 1.45 bits per heavy atom. The molecule has 0 N–H and O–H groups in total. The molecule has 0 aromatic carbocycles. The zero-order valence-electron chi connectivity index (χ0n) is 6.03. The number of hydrogen-bond donors (Lipinski definition) is 0. The summed E-state index contributed by atoms with van der Waals surface area (Å²) in [5.74, 6) is -1.10. The summed E-state index contributed by atoms with van der Waals surface area (Å²) in [5.41, 5.74) is -0.650. The first-order valence-corrected chi connectivity index (χ1v) is 4.18. The molecule has 0 bridgehead atoms. The van der Waals surface area contributed by atoms with Gasteiger partial charge < -0.3 is 4.74 Å². The van der Waals surface area contributed by atoms with E-state index in [9.17, 15) is 4.79 Å². The number of esters is 1. The van der Waals surface area contributed by atoms with E-state index in [0.29, 0.717) is 0 Å². The van der Waals surface area contributed by atoms with Crippen molar-refractivity contribution in [3.63, 3.8) is 0 Å². The molecule has 11 heavy (non-hydrogen) atoms. The molecule has 1 aliphatic rings. The van der Waals surface area contributed by atoms with Gasteiger partial charge in [0.2, 0.25) is 3.79 Å². The van der Waals surface area contributed by atoms with Crippen LogP contribution in [0, 0.1) is 5.92 Å². The van der Waals surface area contributed by atoms with Crippen LogP contribution in [0.5, 0.6) is 0 Å². The van der Waals surface area contributed by atoms with Crippen molar-refractivity contribution in [2.24, 2.45) is 5.92 Å². The first-order valence-electron chi connectivity index (χ1n) is 3.05. The third-order valence-electron chi connectivity index (χ3n) is 1.62. The van der Waals surface area contributed by atoms with Crippen molar-refractivity contribution in [3.05, 3.63) is 0 Å². The summed E-state index contributed by atoms with van der Waals surface area (Å²) < 4.78 is 3.22. The molecule has 5 heteroatoms.